The maximum absolute atomic E-state index is 13.8. The standard InChI is InChI=1S/C19H20F2N2O2S/c1-12(15-11-14(20)4-5-16(15)21)22-18(24)13-6-8-23(9-7-13)19(25)17-3-2-10-26-17/h2-5,10-13H,6-9H2,1H3,(H,22,24). The first-order chi connectivity index (χ1) is 12.5. The van der Waals surface area contributed by atoms with E-state index in [4.69, 9.17) is 0 Å². The van der Waals surface area contributed by atoms with Gasteiger partial charge in [0.1, 0.15) is 11.6 Å². The van der Waals surface area contributed by atoms with E-state index in [0.717, 1.165) is 18.2 Å². The predicted octanol–water partition coefficient (Wildman–Crippen LogP) is 3.76. The summed E-state index contributed by atoms with van der Waals surface area (Å²) in [6.45, 7) is 2.65. The summed E-state index contributed by atoms with van der Waals surface area (Å²) >= 11 is 1.40. The molecule has 2 heterocycles. The molecule has 0 spiro atoms. The maximum Gasteiger partial charge on any atom is 0.263 e. The summed E-state index contributed by atoms with van der Waals surface area (Å²) in [5.74, 6) is -1.52. The number of amides is 2. The van der Waals surface area contributed by atoms with E-state index in [0.29, 0.717) is 30.8 Å². The number of halogens is 2. The number of hydrogen-bond donors (Lipinski definition) is 1. The molecule has 0 bridgehead atoms. The highest BCUT2D eigenvalue weighted by atomic mass is 32.1. The summed E-state index contributed by atoms with van der Waals surface area (Å²) in [7, 11) is 0. The van der Waals surface area contributed by atoms with Crippen molar-refractivity contribution in [1.29, 1.82) is 0 Å². The predicted molar refractivity (Wildman–Crippen MR) is 95.9 cm³/mol. The molecular formula is C19H20F2N2O2S. The van der Waals surface area contributed by atoms with Crippen LogP contribution in [0.15, 0.2) is 35.7 Å². The van der Waals surface area contributed by atoms with Gasteiger partial charge in [-0.15, -0.1) is 11.3 Å². The fourth-order valence-electron chi connectivity index (χ4n) is 3.16. The van der Waals surface area contributed by atoms with E-state index in [2.05, 4.69) is 5.32 Å². The molecule has 1 aromatic heterocycles. The third-order valence-corrected chi connectivity index (χ3v) is 5.53. The smallest absolute Gasteiger partial charge is 0.263 e. The quantitative estimate of drug-likeness (QED) is 0.881. The van der Waals surface area contributed by atoms with Crippen LogP contribution < -0.4 is 5.32 Å². The Morgan fingerprint density at radius 3 is 2.62 bits per heavy atom. The third kappa shape index (κ3) is 4.09. The Morgan fingerprint density at radius 1 is 1.23 bits per heavy atom. The van der Waals surface area contributed by atoms with Crippen LogP contribution in [0.5, 0.6) is 0 Å². The number of nitrogens with one attached hydrogen (secondary N) is 1. The van der Waals surface area contributed by atoms with Gasteiger partial charge in [-0.2, -0.15) is 0 Å². The third-order valence-electron chi connectivity index (χ3n) is 4.67. The van der Waals surface area contributed by atoms with E-state index in [1.54, 1.807) is 17.9 Å². The Hall–Kier alpha value is -2.28. The second-order valence-electron chi connectivity index (χ2n) is 6.44. The zero-order valence-electron chi connectivity index (χ0n) is 14.4. The molecule has 1 fully saturated rings. The summed E-state index contributed by atoms with van der Waals surface area (Å²) in [5, 5.41) is 4.62. The molecular weight excluding hydrogens is 358 g/mol. The topological polar surface area (TPSA) is 49.4 Å². The van der Waals surface area contributed by atoms with Crippen LogP contribution in [0.4, 0.5) is 8.78 Å². The molecule has 138 valence electrons. The number of thiophene rings is 1. The van der Waals surface area contributed by atoms with Gasteiger partial charge in [-0.25, -0.2) is 8.78 Å². The lowest BCUT2D eigenvalue weighted by Gasteiger charge is -2.31. The summed E-state index contributed by atoms with van der Waals surface area (Å²) < 4.78 is 27.1. The minimum atomic E-state index is -0.621. The van der Waals surface area contributed by atoms with Crippen molar-refractivity contribution in [2.75, 3.05) is 13.1 Å². The van der Waals surface area contributed by atoms with Gasteiger partial charge in [0.2, 0.25) is 5.91 Å². The Balaban J connectivity index is 1.55. The molecule has 2 aromatic rings. The van der Waals surface area contributed by atoms with Crippen molar-refractivity contribution in [2.24, 2.45) is 5.92 Å². The molecule has 1 unspecified atom stereocenters. The van der Waals surface area contributed by atoms with Crippen LogP contribution in [0.25, 0.3) is 0 Å². The van der Waals surface area contributed by atoms with Crippen molar-refractivity contribution in [3.63, 3.8) is 0 Å². The van der Waals surface area contributed by atoms with Crippen LogP contribution in [-0.2, 0) is 4.79 Å². The van der Waals surface area contributed by atoms with Crippen LogP contribution in [0, 0.1) is 17.6 Å². The van der Waals surface area contributed by atoms with Crippen molar-refractivity contribution in [3.8, 4) is 0 Å². The lowest BCUT2D eigenvalue weighted by molar-refractivity contribution is -0.127. The maximum atomic E-state index is 13.8. The first-order valence-electron chi connectivity index (χ1n) is 8.54. The zero-order chi connectivity index (χ0) is 18.7. The average molecular weight is 378 g/mol. The molecule has 1 saturated heterocycles. The highest BCUT2D eigenvalue weighted by molar-refractivity contribution is 7.12. The fourth-order valence-corrected chi connectivity index (χ4v) is 3.85. The molecule has 0 saturated carbocycles. The SMILES string of the molecule is CC(NC(=O)C1CCN(C(=O)c2cccs2)CC1)c1cc(F)ccc1F. The second kappa shape index (κ2) is 7.95. The van der Waals surface area contributed by atoms with E-state index >= 15 is 0 Å². The monoisotopic (exact) mass is 378 g/mol. The van der Waals surface area contributed by atoms with Crippen LogP contribution in [-0.4, -0.2) is 29.8 Å². The van der Waals surface area contributed by atoms with Crippen molar-refractivity contribution in [1.82, 2.24) is 10.2 Å². The molecule has 0 aliphatic carbocycles. The second-order valence-corrected chi connectivity index (χ2v) is 7.39. The van der Waals surface area contributed by atoms with Gasteiger partial charge in [0.25, 0.3) is 5.91 Å². The first-order valence-corrected chi connectivity index (χ1v) is 9.42. The van der Waals surface area contributed by atoms with Gasteiger partial charge >= 0.3 is 0 Å². The van der Waals surface area contributed by atoms with E-state index < -0.39 is 17.7 Å². The minimum Gasteiger partial charge on any atom is -0.349 e. The number of hydrogen-bond acceptors (Lipinski definition) is 3. The lowest BCUT2D eigenvalue weighted by Crippen LogP contribution is -2.43. The van der Waals surface area contributed by atoms with Crippen LogP contribution >= 0.6 is 11.3 Å². The molecule has 0 radical (unpaired) electrons. The van der Waals surface area contributed by atoms with E-state index in [1.807, 2.05) is 11.4 Å². The molecule has 2 amide bonds. The summed E-state index contributed by atoms with van der Waals surface area (Å²) in [6.07, 6.45) is 1.11. The summed E-state index contributed by atoms with van der Waals surface area (Å²) in [5.41, 5.74) is 0.128. The van der Waals surface area contributed by atoms with Gasteiger partial charge < -0.3 is 10.2 Å². The number of likely N-dealkylation sites (tertiary alicyclic amines) is 1. The molecule has 26 heavy (non-hydrogen) atoms. The number of nitrogens with zero attached hydrogens (tertiary/aromatic N) is 1. The Kier molecular flexibility index (Phi) is 5.66. The van der Waals surface area contributed by atoms with Crippen molar-refractivity contribution in [3.05, 3.63) is 57.8 Å². The highest BCUT2D eigenvalue weighted by Crippen LogP contribution is 2.23. The van der Waals surface area contributed by atoms with E-state index in [9.17, 15) is 18.4 Å². The summed E-state index contributed by atoms with van der Waals surface area (Å²) in [6, 6.07) is 6.22. The van der Waals surface area contributed by atoms with Gasteiger partial charge in [0.05, 0.1) is 10.9 Å². The van der Waals surface area contributed by atoms with Gasteiger partial charge in [-0.05, 0) is 49.4 Å². The molecule has 1 aromatic carbocycles. The molecule has 4 nitrogen and oxygen atoms in total. The molecule has 1 atom stereocenters. The average Bonchev–Trinajstić information content (AvgIpc) is 3.17. The molecule has 3 rings (SSSR count). The first kappa shape index (κ1) is 18.5. The summed E-state index contributed by atoms with van der Waals surface area (Å²) in [4.78, 5) is 27.2. The molecule has 1 N–H and O–H groups in total. The Bertz CT molecular complexity index is 787. The van der Waals surface area contributed by atoms with Gasteiger partial charge in [0, 0.05) is 24.6 Å². The number of rotatable bonds is 4. The number of carbonyl (C=O) groups excluding carboxylic acids is 2. The Morgan fingerprint density at radius 2 is 1.96 bits per heavy atom. The van der Waals surface area contributed by atoms with E-state index in [1.165, 1.54) is 11.3 Å². The lowest BCUT2D eigenvalue weighted by atomic mass is 9.95. The zero-order valence-corrected chi connectivity index (χ0v) is 15.2. The van der Waals surface area contributed by atoms with Gasteiger partial charge in [-0.1, -0.05) is 6.07 Å². The number of piperidine rings is 1. The van der Waals surface area contributed by atoms with Crippen LogP contribution in [0.3, 0.4) is 0 Å². The van der Waals surface area contributed by atoms with Crippen LogP contribution in [0.1, 0.15) is 41.0 Å². The van der Waals surface area contributed by atoms with Crippen LogP contribution in [0.2, 0.25) is 0 Å². The van der Waals surface area contributed by atoms with Crippen molar-refractivity contribution >= 4 is 23.2 Å². The highest BCUT2D eigenvalue weighted by Gasteiger charge is 2.29. The minimum absolute atomic E-state index is 0.00550. The van der Waals surface area contributed by atoms with Gasteiger partial charge in [0.15, 0.2) is 0 Å². The largest absolute Gasteiger partial charge is 0.349 e. The fraction of sp³-hybridized carbons (Fsp3) is 0.368. The number of benzene rings is 1. The van der Waals surface area contributed by atoms with Crippen molar-refractivity contribution < 1.29 is 18.4 Å². The van der Waals surface area contributed by atoms with E-state index in [-0.39, 0.29) is 23.3 Å². The Labute approximate surface area is 154 Å². The normalized spacial score (nSPS) is 16.3. The molecule has 7 heteroatoms. The number of carbonyl (C=O) groups is 2. The molecule has 1 aliphatic rings. The van der Waals surface area contributed by atoms with Gasteiger partial charge in [-0.3, -0.25) is 9.59 Å². The molecule has 1 aliphatic heterocycles. The van der Waals surface area contributed by atoms with Crippen molar-refractivity contribution in [2.45, 2.75) is 25.8 Å².